The number of carbonyl (C=O) groups excluding carboxylic acids is 1. The van der Waals surface area contributed by atoms with Crippen LogP contribution in [0.1, 0.15) is 16.3 Å². The predicted octanol–water partition coefficient (Wildman–Crippen LogP) is 6.17. The van der Waals surface area contributed by atoms with Gasteiger partial charge in [0.15, 0.2) is 5.76 Å². The number of ether oxygens (including phenoxy) is 2. The summed E-state index contributed by atoms with van der Waals surface area (Å²) in [6, 6.07) is 16.4. The number of rotatable bonds is 9. The van der Waals surface area contributed by atoms with E-state index in [0.29, 0.717) is 5.02 Å². The third kappa shape index (κ3) is 6.08. The van der Waals surface area contributed by atoms with Crippen LogP contribution in [-0.4, -0.2) is 26.4 Å². The lowest BCUT2D eigenvalue weighted by Gasteiger charge is -2.11. The minimum Gasteiger partial charge on any atom is -0.497 e. The molecule has 1 amide bonds. The quantitative estimate of drug-likeness (QED) is 0.184. The highest BCUT2D eigenvalue weighted by molar-refractivity contribution is 7.91. The molecule has 0 spiro atoms. The van der Waals surface area contributed by atoms with E-state index in [1.54, 1.807) is 0 Å². The summed E-state index contributed by atoms with van der Waals surface area (Å²) >= 11 is 11.9. The molecule has 38 heavy (non-hydrogen) atoms. The lowest BCUT2D eigenvalue weighted by atomic mass is 10.3. The molecular formula is C25H18Cl2N2O8S. The Kier molecular flexibility index (Phi) is 7.91. The zero-order chi connectivity index (χ0) is 27.4. The molecule has 13 heteroatoms. The normalized spacial score (nSPS) is 11.1. The van der Waals surface area contributed by atoms with Gasteiger partial charge in [0, 0.05) is 22.8 Å². The number of nitro benzene ring substituents is 1. The molecule has 1 N–H and O–H groups in total. The van der Waals surface area contributed by atoms with Gasteiger partial charge in [0.05, 0.1) is 32.9 Å². The number of furan rings is 1. The molecule has 0 fully saturated rings. The molecule has 0 atom stereocenters. The number of carbonyl (C=O) groups is 1. The Hall–Kier alpha value is -4.06. The summed E-state index contributed by atoms with van der Waals surface area (Å²) in [4.78, 5) is 23.1. The monoisotopic (exact) mass is 576 g/mol. The second-order valence-corrected chi connectivity index (χ2v) is 10.5. The van der Waals surface area contributed by atoms with Crippen LogP contribution in [-0.2, 0) is 16.4 Å². The number of hydrogen-bond acceptors (Lipinski definition) is 8. The van der Waals surface area contributed by atoms with Crippen LogP contribution in [0, 0.1) is 10.1 Å². The van der Waals surface area contributed by atoms with Gasteiger partial charge in [-0.15, -0.1) is 0 Å². The Morgan fingerprint density at radius 3 is 2.42 bits per heavy atom. The number of halogens is 2. The summed E-state index contributed by atoms with van der Waals surface area (Å²) in [5, 5.41) is 14.1. The van der Waals surface area contributed by atoms with Gasteiger partial charge in [-0.2, -0.15) is 0 Å². The van der Waals surface area contributed by atoms with Crippen LogP contribution in [0.5, 0.6) is 11.5 Å². The Bertz CT molecular complexity index is 1620. The van der Waals surface area contributed by atoms with Crippen molar-refractivity contribution in [2.24, 2.45) is 0 Å². The van der Waals surface area contributed by atoms with Gasteiger partial charge < -0.3 is 19.2 Å². The maximum Gasteiger partial charge on any atom is 0.291 e. The lowest BCUT2D eigenvalue weighted by Crippen LogP contribution is -2.12. The number of sulfone groups is 1. The number of hydrogen-bond donors (Lipinski definition) is 1. The van der Waals surface area contributed by atoms with Crippen LogP contribution < -0.4 is 14.8 Å². The Morgan fingerprint density at radius 2 is 1.74 bits per heavy atom. The SMILES string of the molecule is COc1cc(NC(=O)c2ccc(COc3cc([N+](=O)[O-])ccc3Cl)o2)cc(S(=O)(=O)c2ccc(Cl)cc2)c1. The fourth-order valence-electron chi connectivity index (χ4n) is 3.30. The standard InChI is InChI=1S/C25H18Cl2N2O8S/c1-35-19-10-16(11-21(13-19)38(33,34)20-6-2-15(26)3-7-20)28-25(30)23-9-5-18(37-23)14-36-24-12-17(29(31)32)4-8-22(24)27/h2-13H,14H2,1H3,(H,28,30). The van der Waals surface area contributed by atoms with Gasteiger partial charge in [-0.3, -0.25) is 14.9 Å². The third-order valence-corrected chi connectivity index (χ3v) is 7.50. The molecule has 0 aliphatic heterocycles. The van der Waals surface area contributed by atoms with Crippen LogP contribution in [0.3, 0.4) is 0 Å². The van der Waals surface area contributed by atoms with E-state index in [1.165, 1.54) is 79.9 Å². The number of nitro groups is 1. The second-order valence-electron chi connectivity index (χ2n) is 7.74. The van der Waals surface area contributed by atoms with Crippen LogP contribution in [0.25, 0.3) is 0 Å². The highest BCUT2D eigenvalue weighted by Crippen LogP contribution is 2.31. The smallest absolute Gasteiger partial charge is 0.291 e. The van der Waals surface area contributed by atoms with Gasteiger partial charge >= 0.3 is 0 Å². The summed E-state index contributed by atoms with van der Waals surface area (Å²) in [5.74, 6) is -0.215. The van der Waals surface area contributed by atoms with E-state index in [9.17, 15) is 23.3 Å². The third-order valence-electron chi connectivity index (χ3n) is 5.19. The number of amides is 1. The van der Waals surface area contributed by atoms with Gasteiger partial charge in [0.25, 0.3) is 11.6 Å². The largest absolute Gasteiger partial charge is 0.497 e. The zero-order valence-electron chi connectivity index (χ0n) is 19.5. The average molecular weight is 577 g/mol. The first-order chi connectivity index (χ1) is 18.1. The number of anilines is 1. The van der Waals surface area contributed by atoms with E-state index in [-0.39, 0.29) is 55.8 Å². The first kappa shape index (κ1) is 27.0. The van der Waals surface area contributed by atoms with E-state index in [0.717, 1.165) is 0 Å². The van der Waals surface area contributed by atoms with Crippen molar-refractivity contribution in [3.8, 4) is 11.5 Å². The summed E-state index contributed by atoms with van der Waals surface area (Å²) in [5.41, 5.74) is -0.0425. The van der Waals surface area contributed by atoms with E-state index < -0.39 is 20.7 Å². The molecular weight excluding hydrogens is 559 g/mol. The minimum absolute atomic E-state index is 0.0203. The van der Waals surface area contributed by atoms with Crippen molar-refractivity contribution >= 4 is 50.3 Å². The molecule has 0 unspecified atom stereocenters. The van der Waals surface area contributed by atoms with Crippen molar-refractivity contribution in [2.45, 2.75) is 16.4 Å². The Labute approximate surface area is 226 Å². The molecule has 1 aromatic heterocycles. The van der Waals surface area contributed by atoms with Crippen LogP contribution in [0.15, 0.2) is 87.0 Å². The van der Waals surface area contributed by atoms with Gasteiger partial charge in [-0.05, 0) is 54.6 Å². The zero-order valence-corrected chi connectivity index (χ0v) is 21.8. The van der Waals surface area contributed by atoms with Crippen LogP contribution in [0.4, 0.5) is 11.4 Å². The lowest BCUT2D eigenvalue weighted by molar-refractivity contribution is -0.384. The van der Waals surface area contributed by atoms with E-state index in [4.69, 9.17) is 37.1 Å². The molecule has 0 aliphatic rings. The van der Waals surface area contributed by atoms with E-state index in [2.05, 4.69) is 5.32 Å². The molecule has 1 heterocycles. The predicted molar refractivity (Wildman–Crippen MR) is 139 cm³/mol. The summed E-state index contributed by atoms with van der Waals surface area (Å²) in [7, 11) is -2.57. The molecule has 4 rings (SSSR count). The van der Waals surface area contributed by atoms with Crippen LogP contribution in [0.2, 0.25) is 10.0 Å². The summed E-state index contributed by atoms with van der Waals surface area (Å²) in [6.45, 7) is -0.156. The molecule has 0 saturated carbocycles. The van der Waals surface area contributed by atoms with Crippen molar-refractivity contribution in [3.63, 3.8) is 0 Å². The highest BCUT2D eigenvalue weighted by atomic mass is 35.5. The maximum atomic E-state index is 13.1. The summed E-state index contributed by atoms with van der Waals surface area (Å²) in [6.07, 6.45) is 0. The molecule has 0 saturated heterocycles. The number of non-ortho nitro benzene ring substituents is 1. The molecule has 0 aliphatic carbocycles. The van der Waals surface area contributed by atoms with Crippen molar-refractivity contribution in [2.75, 3.05) is 12.4 Å². The van der Waals surface area contributed by atoms with E-state index in [1.807, 2.05) is 0 Å². The molecule has 0 bridgehead atoms. The minimum atomic E-state index is -3.94. The molecule has 0 radical (unpaired) electrons. The van der Waals surface area contributed by atoms with E-state index >= 15 is 0 Å². The number of methoxy groups -OCH3 is 1. The van der Waals surface area contributed by atoms with Crippen molar-refractivity contribution in [1.82, 2.24) is 0 Å². The van der Waals surface area contributed by atoms with Crippen LogP contribution >= 0.6 is 23.2 Å². The molecule has 3 aromatic carbocycles. The molecule has 4 aromatic rings. The number of nitrogens with zero attached hydrogens (tertiary/aromatic N) is 1. The average Bonchev–Trinajstić information content (AvgIpc) is 3.37. The second kappa shape index (κ2) is 11.1. The van der Waals surface area contributed by atoms with Crippen molar-refractivity contribution in [1.29, 1.82) is 0 Å². The number of nitrogens with one attached hydrogen (secondary N) is 1. The summed E-state index contributed by atoms with van der Waals surface area (Å²) < 4.78 is 42.4. The first-order valence-corrected chi connectivity index (χ1v) is 13.0. The first-order valence-electron chi connectivity index (χ1n) is 10.7. The highest BCUT2D eigenvalue weighted by Gasteiger charge is 2.21. The Balaban J connectivity index is 1.50. The van der Waals surface area contributed by atoms with Gasteiger partial charge in [0.1, 0.15) is 23.9 Å². The Morgan fingerprint density at radius 1 is 1.00 bits per heavy atom. The topological polar surface area (TPSA) is 138 Å². The maximum absolute atomic E-state index is 13.1. The molecule has 196 valence electrons. The number of benzene rings is 3. The van der Waals surface area contributed by atoms with Crippen molar-refractivity contribution in [3.05, 3.63) is 104 Å². The van der Waals surface area contributed by atoms with Crippen molar-refractivity contribution < 1.29 is 32.0 Å². The van der Waals surface area contributed by atoms with Gasteiger partial charge in [-0.1, -0.05) is 23.2 Å². The van der Waals surface area contributed by atoms with Gasteiger partial charge in [0.2, 0.25) is 9.84 Å². The fraction of sp³-hybridized carbons (Fsp3) is 0.0800. The molecule has 10 nitrogen and oxygen atoms in total. The van der Waals surface area contributed by atoms with Gasteiger partial charge in [-0.25, -0.2) is 8.42 Å². The fourth-order valence-corrected chi connectivity index (χ4v) is 4.92.